The smallest absolute Gasteiger partial charge is 0.203 e. The van der Waals surface area contributed by atoms with Gasteiger partial charge in [-0.3, -0.25) is 0 Å². The fourth-order valence-electron chi connectivity index (χ4n) is 4.26. The average molecular weight is 448 g/mol. The molecule has 0 heterocycles. The summed E-state index contributed by atoms with van der Waals surface area (Å²) in [7, 11) is 10.3. The standard InChI is InChI=1S/C27H29NO5/c1-28(16-17-7-10-19(29-2)11-8-17)23-13-18-9-12-20(30-3)14-21(18)25-22(23)15-24(31-4)26(32-5)27(25)33-6/h7-15H,16H2,1-6H3. The molecule has 0 spiro atoms. The topological polar surface area (TPSA) is 49.4 Å². The molecule has 0 bridgehead atoms. The number of nitrogens with zero attached hydrogens (tertiary/aromatic N) is 1. The van der Waals surface area contributed by atoms with Gasteiger partial charge in [0.2, 0.25) is 5.75 Å². The van der Waals surface area contributed by atoms with E-state index in [0.717, 1.165) is 45.3 Å². The first-order valence-corrected chi connectivity index (χ1v) is 10.6. The molecule has 4 rings (SSSR count). The fraction of sp³-hybridized carbons (Fsp3) is 0.259. The first-order valence-electron chi connectivity index (χ1n) is 10.6. The second-order valence-electron chi connectivity index (χ2n) is 7.75. The average Bonchev–Trinajstić information content (AvgIpc) is 2.86. The van der Waals surface area contributed by atoms with Gasteiger partial charge >= 0.3 is 0 Å². The molecule has 4 aromatic carbocycles. The van der Waals surface area contributed by atoms with Gasteiger partial charge in [0.1, 0.15) is 11.5 Å². The molecule has 0 aliphatic rings. The van der Waals surface area contributed by atoms with Crippen LogP contribution >= 0.6 is 0 Å². The molecule has 0 unspecified atom stereocenters. The van der Waals surface area contributed by atoms with Crippen molar-refractivity contribution in [1.82, 2.24) is 0 Å². The van der Waals surface area contributed by atoms with E-state index in [0.29, 0.717) is 17.2 Å². The molecule has 0 amide bonds. The zero-order chi connectivity index (χ0) is 23.5. The summed E-state index contributed by atoms with van der Waals surface area (Å²) in [5.41, 5.74) is 2.23. The van der Waals surface area contributed by atoms with Crippen molar-refractivity contribution < 1.29 is 23.7 Å². The number of methoxy groups -OCH3 is 5. The van der Waals surface area contributed by atoms with Crippen LogP contribution in [-0.4, -0.2) is 42.6 Å². The number of rotatable bonds is 8. The normalized spacial score (nSPS) is 10.8. The number of anilines is 1. The first kappa shape index (κ1) is 22.4. The third-order valence-corrected chi connectivity index (χ3v) is 5.92. The quantitative estimate of drug-likeness (QED) is 0.324. The molecule has 0 aromatic heterocycles. The lowest BCUT2D eigenvalue weighted by Gasteiger charge is -2.25. The Labute approximate surface area is 194 Å². The fourth-order valence-corrected chi connectivity index (χ4v) is 4.26. The number of ether oxygens (including phenoxy) is 5. The van der Waals surface area contributed by atoms with Gasteiger partial charge in [0.05, 0.1) is 35.5 Å². The van der Waals surface area contributed by atoms with Crippen molar-refractivity contribution in [1.29, 1.82) is 0 Å². The second-order valence-corrected chi connectivity index (χ2v) is 7.75. The molecule has 33 heavy (non-hydrogen) atoms. The molecule has 0 fully saturated rings. The van der Waals surface area contributed by atoms with Crippen molar-refractivity contribution in [3.8, 4) is 28.7 Å². The highest BCUT2D eigenvalue weighted by molar-refractivity contribution is 6.17. The van der Waals surface area contributed by atoms with Gasteiger partial charge in [-0.05, 0) is 52.7 Å². The van der Waals surface area contributed by atoms with Crippen LogP contribution in [0.3, 0.4) is 0 Å². The van der Waals surface area contributed by atoms with Crippen LogP contribution < -0.4 is 28.6 Å². The van der Waals surface area contributed by atoms with E-state index in [1.54, 1.807) is 35.5 Å². The van der Waals surface area contributed by atoms with Crippen LogP contribution in [0.5, 0.6) is 28.7 Å². The van der Waals surface area contributed by atoms with Gasteiger partial charge in [0.25, 0.3) is 0 Å². The maximum absolute atomic E-state index is 5.87. The second kappa shape index (κ2) is 9.36. The summed E-state index contributed by atoms with van der Waals surface area (Å²) in [6.45, 7) is 0.720. The minimum atomic E-state index is 0.562. The van der Waals surface area contributed by atoms with E-state index >= 15 is 0 Å². The molecule has 6 nitrogen and oxygen atoms in total. The van der Waals surface area contributed by atoms with Crippen molar-refractivity contribution in [3.05, 3.63) is 60.2 Å². The highest BCUT2D eigenvalue weighted by Gasteiger charge is 2.22. The summed E-state index contributed by atoms with van der Waals surface area (Å²) >= 11 is 0. The van der Waals surface area contributed by atoms with Gasteiger partial charge in [0.15, 0.2) is 11.5 Å². The summed E-state index contributed by atoms with van der Waals surface area (Å²) in [5.74, 6) is 3.42. The van der Waals surface area contributed by atoms with Crippen molar-refractivity contribution >= 4 is 27.2 Å². The van der Waals surface area contributed by atoms with Crippen LogP contribution in [-0.2, 0) is 6.54 Å². The zero-order valence-electron chi connectivity index (χ0n) is 19.9. The Morgan fingerprint density at radius 1 is 0.636 bits per heavy atom. The monoisotopic (exact) mass is 447 g/mol. The maximum atomic E-state index is 5.87. The van der Waals surface area contributed by atoms with Gasteiger partial charge < -0.3 is 28.6 Å². The number of hydrogen-bond donors (Lipinski definition) is 0. The van der Waals surface area contributed by atoms with E-state index in [1.807, 2.05) is 30.3 Å². The number of benzene rings is 4. The lowest BCUT2D eigenvalue weighted by molar-refractivity contribution is 0.327. The number of hydrogen-bond acceptors (Lipinski definition) is 6. The lowest BCUT2D eigenvalue weighted by Crippen LogP contribution is -2.17. The highest BCUT2D eigenvalue weighted by atomic mass is 16.5. The minimum absolute atomic E-state index is 0.562. The Bertz CT molecular complexity index is 1280. The molecule has 0 aliphatic heterocycles. The Morgan fingerprint density at radius 2 is 1.30 bits per heavy atom. The maximum Gasteiger partial charge on any atom is 0.203 e. The Kier molecular flexibility index (Phi) is 6.36. The van der Waals surface area contributed by atoms with Crippen molar-refractivity contribution in [2.45, 2.75) is 6.54 Å². The molecule has 172 valence electrons. The Hall–Kier alpha value is -3.80. The zero-order valence-corrected chi connectivity index (χ0v) is 19.9. The van der Waals surface area contributed by atoms with Crippen molar-refractivity contribution in [2.24, 2.45) is 0 Å². The van der Waals surface area contributed by atoms with Crippen LogP contribution in [0.1, 0.15) is 5.56 Å². The minimum Gasteiger partial charge on any atom is -0.497 e. The predicted molar refractivity (Wildman–Crippen MR) is 133 cm³/mol. The molecule has 4 aromatic rings. The number of fused-ring (bicyclic) bond motifs is 3. The van der Waals surface area contributed by atoms with E-state index in [4.69, 9.17) is 23.7 Å². The molecular formula is C27H29NO5. The van der Waals surface area contributed by atoms with Crippen LogP contribution in [0.2, 0.25) is 0 Å². The van der Waals surface area contributed by atoms with Crippen molar-refractivity contribution in [2.75, 3.05) is 47.5 Å². The molecule has 0 N–H and O–H groups in total. The van der Waals surface area contributed by atoms with Gasteiger partial charge in [0, 0.05) is 30.1 Å². The van der Waals surface area contributed by atoms with E-state index in [1.165, 1.54) is 5.56 Å². The van der Waals surface area contributed by atoms with Crippen LogP contribution in [0.15, 0.2) is 54.6 Å². The summed E-state index contributed by atoms with van der Waals surface area (Å²) in [5, 5.41) is 4.04. The molecule has 0 radical (unpaired) electrons. The first-order chi connectivity index (χ1) is 16.0. The molecule has 0 saturated heterocycles. The molecule has 0 saturated carbocycles. The predicted octanol–water partition coefficient (Wildman–Crippen LogP) is 5.67. The summed E-state index contributed by atoms with van der Waals surface area (Å²) in [4.78, 5) is 2.22. The van der Waals surface area contributed by atoms with Crippen LogP contribution in [0.4, 0.5) is 5.69 Å². The van der Waals surface area contributed by atoms with Crippen molar-refractivity contribution in [3.63, 3.8) is 0 Å². The third kappa shape index (κ3) is 4.04. The Balaban J connectivity index is 1.98. The third-order valence-electron chi connectivity index (χ3n) is 5.92. The highest BCUT2D eigenvalue weighted by Crippen LogP contribution is 2.49. The lowest BCUT2D eigenvalue weighted by atomic mass is 9.97. The SMILES string of the molecule is COc1ccc(CN(C)c2cc3ccc(OC)cc3c3c(OC)c(OC)c(OC)cc23)cc1. The van der Waals surface area contributed by atoms with Crippen LogP contribution in [0, 0.1) is 0 Å². The Morgan fingerprint density at radius 3 is 1.91 bits per heavy atom. The van der Waals surface area contributed by atoms with Gasteiger partial charge in [-0.2, -0.15) is 0 Å². The summed E-state index contributed by atoms with van der Waals surface area (Å²) < 4.78 is 28.0. The van der Waals surface area contributed by atoms with E-state index in [9.17, 15) is 0 Å². The van der Waals surface area contributed by atoms with Gasteiger partial charge in [-0.25, -0.2) is 0 Å². The molecular weight excluding hydrogens is 418 g/mol. The molecule has 0 aliphatic carbocycles. The van der Waals surface area contributed by atoms with Gasteiger partial charge in [-0.15, -0.1) is 0 Å². The van der Waals surface area contributed by atoms with Gasteiger partial charge in [-0.1, -0.05) is 18.2 Å². The van der Waals surface area contributed by atoms with Crippen LogP contribution in [0.25, 0.3) is 21.5 Å². The molecule has 6 heteroatoms. The van der Waals surface area contributed by atoms with E-state index in [2.05, 4.69) is 36.2 Å². The summed E-state index contributed by atoms with van der Waals surface area (Å²) in [6.07, 6.45) is 0. The molecule has 0 atom stereocenters. The van der Waals surface area contributed by atoms with E-state index < -0.39 is 0 Å². The van der Waals surface area contributed by atoms with E-state index in [-0.39, 0.29) is 0 Å². The largest absolute Gasteiger partial charge is 0.497 e. The summed E-state index contributed by atoms with van der Waals surface area (Å²) in [6, 6.07) is 18.4.